The average Bonchev–Trinajstić information content (AvgIpc) is 3.43. The van der Waals surface area contributed by atoms with Crippen LogP contribution in [0.5, 0.6) is 0 Å². The van der Waals surface area contributed by atoms with E-state index < -0.39 is 0 Å². The van der Waals surface area contributed by atoms with E-state index in [1.165, 1.54) is 92.3 Å². The third-order valence-corrected chi connectivity index (χ3v) is 8.63. The molecule has 0 saturated heterocycles. The first-order chi connectivity index (χ1) is 18.7. The lowest BCUT2D eigenvalue weighted by atomic mass is 9.99. The van der Waals surface area contributed by atoms with Gasteiger partial charge in [0, 0.05) is 46.4 Å². The summed E-state index contributed by atoms with van der Waals surface area (Å²) in [5.74, 6) is 0. The number of para-hydroxylation sites is 2. The van der Waals surface area contributed by atoms with Gasteiger partial charge in [0.15, 0.2) is 0 Å². The van der Waals surface area contributed by atoms with Crippen molar-refractivity contribution in [3.05, 3.63) is 120 Å². The summed E-state index contributed by atoms with van der Waals surface area (Å²) in [6.45, 7) is 6.84. The molecule has 2 aliphatic heterocycles. The minimum Gasteiger partial charge on any atom is -0.344 e. The standard InChI is InChI=1S/2C18H17N/c2*1-13-17(14-7-3-2-4-8-14)16-11-5-9-15-10-6-12-19(13)18(15)16/h2*2-5,7-9,11H,6,10,12H2,1H3. The predicted molar refractivity (Wildman–Crippen MR) is 161 cm³/mol. The Morgan fingerprint density at radius 3 is 1.32 bits per heavy atom. The van der Waals surface area contributed by atoms with Crippen LogP contribution in [0, 0.1) is 13.8 Å². The lowest BCUT2D eigenvalue weighted by Gasteiger charge is -2.16. The van der Waals surface area contributed by atoms with Gasteiger partial charge in [0.2, 0.25) is 0 Å². The van der Waals surface area contributed by atoms with Crippen LogP contribution in [0.15, 0.2) is 97.1 Å². The quantitative estimate of drug-likeness (QED) is 0.227. The summed E-state index contributed by atoms with van der Waals surface area (Å²) < 4.78 is 5.02. The Bertz CT molecular complexity index is 1630. The van der Waals surface area contributed by atoms with Gasteiger partial charge in [0.1, 0.15) is 0 Å². The Hall–Kier alpha value is -4.04. The number of hydrogen-bond donors (Lipinski definition) is 0. The molecule has 0 saturated carbocycles. The highest BCUT2D eigenvalue weighted by atomic mass is 15.0. The SMILES string of the molecule is Cc1c(-c2ccccc2)c2cccc3c2n1CCC3.Cc1c(-c2ccccc2)c2cccc3c2n1CCC3. The van der Waals surface area contributed by atoms with Crippen LogP contribution in [0.1, 0.15) is 35.4 Å². The van der Waals surface area contributed by atoms with E-state index in [0.717, 1.165) is 13.1 Å². The first-order valence-electron chi connectivity index (χ1n) is 14.0. The number of nitrogens with zero attached hydrogens (tertiary/aromatic N) is 2. The molecular weight excluding hydrogens is 460 g/mol. The molecule has 4 heterocycles. The van der Waals surface area contributed by atoms with Crippen LogP contribution in [0.3, 0.4) is 0 Å². The minimum atomic E-state index is 1.16. The molecule has 0 aliphatic carbocycles. The van der Waals surface area contributed by atoms with Crippen LogP contribution in [-0.4, -0.2) is 9.13 Å². The van der Waals surface area contributed by atoms with E-state index in [1.54, 1.807) is 0 Å². The number of hydrogen-bond acceptors (Lipinski definition) is 0. The summed E-state index contributed by atoms with van der Waals surface area (Å²) in [5, 5.41) is 2.84. The molecule has 2 heteroatoms. The van der Waals surface area contributed by atoms with Crippen molar-refractivity contribution < 1.29 is 0 Å². The second-order valence-electron chi connectivity index (χ2n) is 10.8. The number of benzene rings is 4. The molecule has 0 radical (unpaired) electrons. The van der Waals surface area contributed by atoms with Gasteiger partial charge in [-0.15, -0.1) is 0 Å². The van der Waals surface area contributed by atoms with Gasteiger partial charge in [-0.05, 0) is 61.8 Å². The summed E-state index contributed by atoms with van der Waals surface area (Å²) >= 11 is 0. The first kappa shape index (κ1) is 23.1. The maximum Gasteiger partial charge on any atom is 0.0521 e. The van der Waals surface area contributed by atoms with Crippen molar-refractivity contribution in [1.82, 2.24) is 9.13 Å². The van der Waals surface area contributed by atoms with Crippen molar-refractivity contribution in [1.29, 1.82) is 0 Å². The fourth-order valence-corrected chi connectivity index (χ4v) is 6.97. The normalized spacial score (nSPS) is 13.9. The van der Waals surface area contributed by atoms with Crippen LogP contribution < -0.4 is 0 Å². The Kier molecular flexibility index (Phi) is 5.69. The first-order valence-corrected chi connectivity index (χ1v) is 14.0. The Morgan fingerprint density at radius 2 is 0.895 bits per heavy atom. The molecular formula is C36H34N2. The van der Waals surface area contributed by atoms with Gasteiger partial charge in [-0.3, -0.25) is 0 Å². The smallest absolute Gasteiger partial charge is 0.0521 e. The van der Waals surface area contributed by atoms with Crippen molar-refractivity contribution >= 4 is 21.8 Å². The van der Waals surface area contributed by atoms with Crippen LogP contribution in [-0.2, 0) is 25.9 Å². The molecule has 4 aromatic carbocycles. The van der Waals surface area contributed by atoms with Crippen molar-refractivity contribution in [2.45, 2.75) is 52.6 Å². The van der Waals surface area contributed by atoms with E-state index in [1.807, 2.05) is 0 Å². The number of aromatic nitrogens is 2. The monoisotopic (exact) mass is 494 g/mol. The molecule has 0 spiro atoms. The van der Waals surface area contributed by atoms with E-state index in [9.17, 15) is 0 Å². The van der Waals surface area contributed by atoms with Gasteiger partial charge in [0.05, 0.1) is 11.0 Å². The lowest BCUT2D eigenvalue weighted by Crippen LogP contribution is -2.08. The topological polar surface area (TPSA) is 9.86 Å². The van der Waals surface area contributed by atoms with Crippen molar-refractivity contribution in [3.8, 4) is 22.3 Å². The van der Waals surface area contributed by atoms with Crippen LogP contribution in [0.2, 0.25) is 0 Å². The van der Waals surface area contributed by atoms with Gasteiger partial charge < -0.3 is 9.13 Å². The highest BCUT2D eigenvalue weighted by molar-refractivity contribution is 6.00. The molecule has 8 rings (SSSR count). The Balaban J connectivity index is 0.000000127. The van der Waals surface area contributed by atoms with E-state index in [2.05, 4.69) is 120 Å². The zero-order valence-corrected chi connectivity index (χ0v) is 22.4. The van der Waals surface area contributed by atoms with Crippen LogP contribution in [0.4, 0.5) is 0 Å². The van der Waals surface area contributed by atoms with E-state index in [4.69, 9.17) is 0 Å². The largest absolute Gasteiger partial charge is 0.344 e. The summed E-state index contributed by atoms with van der Waals surface area (Å²) in [6.07, 6.45) is 4.95. The van der Waals surface area contributed by atoms with Crippen molar-refractivity contribution in [2.24, 2.45) is 0 Å². The van der Waals surface area contributed by atoms with Gasteiger partial charge in [0.25, 0.3) is 0 Å². The molecule has 2 aromatic heterocycles. The van der Waals surface area contributed by atoms with Gasteiger partial charge in [-0.25, -0.2) is 0 Å². The molecule has 0 bridgehead atoms. The van der Waals surface area contributed by atoms with Gasteiger partial charge >= 0.3 is 0 Å². The fraction of sp³-hybridized carbons (Fsp3) is 0.222. The molecule has 0 atom stereocenters. The highest BCUT2D eigenvalue weighted by Crippen LogP contribution is 2.39. The summed E-state index contributed by atoms with van der Waals surface area (Å²) in [4.78, 5) is 0. The summed E-state index contributed by atoms with van der Waals surface area (Å²) in [5.41, 5.74) is 14.3. The lowest BCUT2D eigenvalue weighted by molar-refractivity contribution is 0.624. The number of aryl methyl sites for hydroxylation is 4. The average molecular weight is 495 g/mol. The third-order valence-electron chi connectivity index (χ3n) is 8.63. The summed E-state index contributed by atoms with van der Waals surface area (Å²) in [7, 11) is 0. The zero-order valence-electron chi connectivity index (χ0n) is 22.4. The van der Waals surface area contributed by atoms with Crippen molar-refractivity contribution in [3.63, 3.8) is 0 Å². The van der Waals surface area contributed by atoms with Gasteiger partial charge in [-0.2, -0.15) is 0 Å². The fourth-order valence-electron chi connectivity index (χ4n) is 6.97. The zero-order chi connectivity index (χ0) is 25.6. The van der Waals surface area contributed by atoms with Crippen molar-refractivity contribution in [2.75, 3.05) is 0 Å². The summed E-state index contributed by atoms with van der Waals surface area (Å²) in [6, 6.07) is 35.1. The molecule has 0 N–H and O–H groups in total. The molecule has 0 amide bonds. The molecule has 2 nitrogen and oxygen atoms in total. The third kappa shape index (κ3) is 3.62. The van der Waals surface area contributed by atoms with E-state index in [0.29, 0.717) is 0 Å². The predicted octanol–water partition coefficient (Wildman–Crippen LogP) is 9.13. The van der Waals surface area contributed by atoms with Crippen LogP contribution >= 0.6 is 0 Å². The Labute approximate surface area is 225 Å². The van der Waals surface area contributed by atoms with Gasteiger partial charge in [-0.1, -0.05) is 97.1 Å². The van der Waals surface area contributed by atoms with E-state index >= 15 is 0 Å². The molecule has 38 heavy (non-hydrogen) atoms. The molecule has 6 aromatic rings. The van der Waals surface area contributed by atoms with E-state index in [-0.39, 0.29) is 0 Å². The second-order valence-corrected chi connectivity index (χ2v) is 10.8. The van der Waals surface area contributed by atoms with Crippen LogP contribution in [0.25, 0.3) is 44.1 Å². The highest BCUT2D eigenvalue weighted by Gasteiger charge is 2.21. The Morgan fingerprint density at radius 1 is 0.474 bits per heavy atom. The maximum atomic E-state index is 2.51. The minimum absolute atomic E-state index is 1.16. The second kappa shape index (κ2) is 9.36. The maximum absolute atomic E-state index is 2.51. The molecule has 0 unspecified atom stereocenters. The molecule has 188 valence electrons. The molecule has 2 aliphatic rings. The number of rotatable bonds is 2. The molecule has 0 fully saturated rings.